The van der Waals surface area contributed by atoms with E-state index < -0.39 is 5.97 Å². The van der Waals surface area contributed by atoms with Gasteiger partial charge in [0.25, 0.3) is 5.91 Å². The second kappa shape index (κ2) is 6.24. The van der Waals surface area contributed by atoms with E-state index in [0.717, 1.165) is 11.3 Å². The van der Waals surface area contributed by atoms with Gasteiger partial charge in [-0.25, -0.2) is 4.79 Å². The second-order valence-corrected chi connectivity index (χ2v) is 4.19. The van der Waals surface area contributed by atoms with Crippen molar-refractivity contribution in [1.82, 2.24) is 4.90 Å². The minimum absolute atomic E-state index is 0.123. The van der Waals surface area contributed by atoms with Gasteiger partial charge in [0.05, 0.1) is 0 Å². The SMILES string of the molecule is CCN(CC)C(=O)COc1ccsc1C(=O)O. The normalized spacial score (nSPS) is 10.0. The minimum Gasteiger partial charge on any atom is -0.482 e. The van der Waals surface area contributed by atoms with E-state index in [-0.39, 0.29) is 23.1 Å². The molecule has 0 bridgehead atoms. The van der Waals surface area contributed by atoms with Gasteiger partial charge < -0.3 is 14.7 Å². The Hall–Kier alpha value is -1.56. The predicted molar refractivity (Wildman–Crippen MR) is 64.7 cm³/mol. The smallest absolute Gasteiger partial charge is 0.349 e. The Balaban J connectivity index is 2.58. The van der Waals surface area contributed by atoms with Crippen LogP contribution >= 0.6 is 11.3 Å². The molecule has 1 N–H and O–H groups in total. The molecule has 5 nitrogen and oxygen atoms in total. The maximum absolute atomic E-state index is 11.6. The number of ether oxygens (including phenoxy) is 1. The molecule has 0 aliphatic carbocycles. The van der Waals surface area contributed by atoms with E-state index in [4.69, 9.17) is 9.84 Å². The molecule has 6 heteroatoms. The molecule has 0 aromatic carbocycles. The fourth-order valence-electron chi connectivity index (χ4n) is 1.37. The van der Waals surface area contributed by atoms with Gasteiger partial charge in [0.1, 0.15) is 5.75 Å². The minimum atomic E-state index is -1.04. The number of hydrogen-bond donors (Lipinski definition) is 1. The van der Waals surface area contributed by atoms with Crippen molar-refractivity contribution < 1.29 is 19.4 Å². The van der Waals surface area contributed by atoms with Gasteiger partial charge in [-0.1, -0.05) is 0 Å². The zero-order chi connectivity index (χ0) is 12.8. The molecule has 1 heterocycles. The summed E-state index contributed by atoms with van der Waals surface area (Å²) in [6.45, 7) is 4.88. The Kier molecular flexibility index (Phi) is 4.96. The summed E-state index contributed by atoms with van der Waals surface area (Å²) in [7, 11) is 0. The molecule has 1 rings (SSSR count). The third kappa shape index (κ3) is 3.45. The molecule has 0 aliphatic heterocycles. The molecule has 0 radical (unpaired) electrons. The van der Waals surface area contributed by atoms with Gasteiger partial charge in [-0.2, -0.15) is 0 Å². The van der Waals surface area contributed by atoms with Gasteiger partial charge in [0, 0.05) is 13.1 Å². The van der Waals surface area contributed by atoms with Crippen molar-refractivity contribution in [3.8, 4) is 5.75 Å². The van der Waals surface area contributed by atoms with Gasteiger partial charge in [-0.15, -0.1) is 11.3 Å². The van der Waals surface area contributed by atoms with E-state index in [1.807, 2.05) is 13.8 Å². The Morgan fingerprint density at radius 2 is 2.06 bits per heavy atom. The topological polar surface area (TPSA) is 66.8 Å². The fourth-order valence-corrected chi connectivity index (χ4v) is 2.05. The first-order valence-corrected chi connectivity index (χ1v) is 6.19. The molecule has 0 spiro atoms. The first-order chi connectivity index (χ1) is 8.10. The summed E-state index contributed by atoms with van der Waals surface area (Å²) in [6, 6.07) is 1.56. The number of amides is 1. The van der Waals surface area contributed by atoms with Crippen molar-refractivity contribution in [3.63, 3.8) is 0 Å². The molecular formula is C11H15NO4S. The lowest BCUT2D eigenvalue weighted by Crippen LogP contribution is -2.34. The molecule has 1 aromatic rings. The molecule has 0 atom stereocenters. The fraction of sp³-hybridized carbons (Fsp3) is 0.455. The predicted octanol–water partition coefficient (Wildman–Crippen LogP) is 1.69. The van der Waals surface area contributed by atoms with Crippen LogP contribution in [0.4, 0.5) is 0 Å². The molecule has 0 fully saturated rings. The van der Waals surface area contributed by atoms with Crippen molar-refractivity contribution in [2.45, 2.75) is 13.8 Å². The summed E-state index contributed by atoms with van der Waals surface area (Å²) >= 11 is 1.08. The van der Waals surface area contributed by atoms with E-state index in [0.29, 0.717) is 13.1 Å². The van der Waals surface area contributed by atoms with E-state index in [1.54, 1.807) is 16.3 Å². The average molecular weight is 257 g/mol. The first kappa shape index (κ1) is 13.5. The lowest BCUT2D eigenvalue weighted by atomic mass is 10.4. The molecule has 0 saturated carbocycles. The molecule has 1 aromatic heterocycles. The molecule has 17 heavy (non-hydrogen) atoms. The standard InChI is InChI=1S/C11H15NO4S/c1-3-12(4-2)9(13)7-16-8-5-6-17-10(8)11(14)15/h5-6H,3-4,7H2,1-2H3,(H,14,15). The van der Waals surface area contributed by atoms with Gasteiger partial charge in [-0.3, -0.25) is 4.79 Å². The van der Waals surface area contributed by atoms with Crippen molar-refractivity contribution in [2.75, 3.05) is 19.7 Å². The number of carbonyl (C=O) groups is 2. The van der Waals surface area contributed by atoms with Gasteiger partial charge in [-0.05, 0) is 25.3 Å². The highest BCUT2D eigenvalue weighted by Gasteiger charge is 2.15. The summed E-state index contributed by atoms with van der Waals surface area (Å²) in [4.78, 5) is 24.2. The van der Waals surface area contributed by atoms with E-state index in [2.05, 4.69) is 0 Å². The van der Waals surface area contributed by atoms with Crippen molar-refractivity contribution in [3.05, 3.63) is 16.3 Å². The lowest BCUT2D eigenvalue weighted by Gasteiger charge is -2.18. The number of rotatable bonds is 6. The van der Waals surface area contributed by atoms with E-state index in [9.17, 15) is 9.59 Å². The highest BCUT2D eigenvalue weighted by Crippen LogP contribution is 2.24. The largest absolute Gasteiger partial charge is 0.482 e. The summed E-state index contributed by atoms with van der Waals surface area (Å²) in [5.74, 6) is -0.925. The number of carbonyl (C=O) groups excluding carboxylic acids is 1. The number of thiophene rings is 1. The Bertz CT molecular complexity index is 398. The van der Waals surface area contributed by atoms with E-state index >= 15 is 0 Å². The summed E-state index contributed by atoms with van der Waals surface area (Å²) in [6.07, 6.45) is 0. The monoisotopic (exact) mass is 257 g/mol. The van der Waals surface area contributed by atoms with Crippen molar-refractivity contribution in [1.29, 1.82) is 0 Å². The van der Waals surface area contributed by atoms with Crippen LogP contribution in [-0.2, 0) is 4.79 Å². The van der Waals surface area contributed by atoms with Gasteiger partial charge in [0.15, 0.2) is 11.5 Å². The highest BCUT2D eigenvalue weighted by molar-refractivity contribution is 7.12. The molecule has 1 amide bonds. The zero-order valence-electron chi connectivity index (χ0n) is 9.80. The number of likely N-dealkylation sites (N-methyl/N-ethyl adjacent to an activating group) is 1. The number of carboxylic acid groups (broad SMARTS) is 1. The van der Waals surface area contributed by atoms with Crippen LogP contribution in [0.3, 0.4) is 0 Å². The van der Waals surface area contributed by atoms with E-state index in [1.165, 1.54) is 0 Å². The van der Waals surface area contributed by atoms with Crippen LogP contribution < -0.4 is 4.74 Å². The van der Waals surface area contributed by atoms with Crippen LogP contribution in [0.15, 0.2) is 11.4 Å². The quantitative estimate of drug-likeness (QED) is 0.842. The van der Waals surface area contributed by atoms with Crippen LogP contribution in [0.25, 0.3) is 0 Å². The van der Waals surface area contributed by atoms with Crippen LogP contribution in [0, 0.1) is 0 Å². The van der Waals surface area contributed by atoms with Crippen LogP contribution in [-0.4, -0.2) is 41.6 Å². The van der Waals surface area contributed by atoms with Crippen LogP contribution in [0.1, 0.15) is 23.5 Å². The number of carboxylic acids is 1. The third-order valence-corrected chi connectivity index (χ3v) is 3.17. The van der Waals surface area contributed by atoms with Crippen LogP contribution in [0.2, 0.25) is 0 Å². The maximum atomic E-state index is 11.6. The summed E-state index contributed by atoms with van der Waals surface area (Å²) in [5, 5.41) is 10.5. The Labute approximate surface area is 104 Å². The van der Waals surface area contributed by atoms with Gasteiger partial charge >= 0.3 is 5.97 Å². The molecular weight excluding hydrogens is 242 g/mol. The molecule has 0 unspecified atom stereocenters. The first-order valence-electron chi connectivity index (χ1n) is 5.31. The third-order valence-electron chi connectivity index (χ3n) is 2.29. The molecule has 0 aliphatic rings. The maximum Gasteiger partial charge on any atom is 0.349 e. The lowest BCUT2D eigenvalue weighted by molar-refractivity contribution is -0.132. The Morgan fingerprint density at radius 1 is 1.41 bits per heavy atom. The summed E-state index contributed by atoms with van der Waals surface area (Å²) in [5.41, 5.74) is 0. The zero-order valence-corrected chi connectivity index (χ0v) is 10.6. The second-order valence-electron chi connectivity index (χ2n) is 3.27. The van der Waals surface area contributed by atoms with Gasteiger partial charge in [0.2, 0.25) is 0 Å². The van der Waals surface area contributed by atoms with Crippen LogP contribution in [0.5, 0.6) is 5.75 Å². The number of hydrogen-bond acceptors (Lipinski definition) is 4. The average Bonchev–Trinajstić information content (AvgIpc) is 2.76. The molecule has 94 valence electrons. The highest BCUT2D eigenvalue weighted by atomic mass is 32.1. The number of aromatic carboxylic acids is 1. The Morgan fingerprint density at radius 3 is 2.59 bits per heavy atom. The van der Waals surface area contributed by atoms with Crippen molar-refractivity contribution in [2.24, 2.45) is 0 Å². The molecule has 0 saturated heterocycles. The number of nitrogens with zero attached hydrogens (tertiary/aromatic N) is 1. The summed E-state index contributed by atoms with van der Waals surface area (Å²) < 4.78 is 5.22. The van der Waals surface area contributed by atoms with Crippen molar-refractivity contribution >= 4 is 23.2 Å².